The van der Waals surface area contributed by atoms with Gasteiger partial charge in [0.1, 0.15) is 0 Å². The summed E-state index contributed by atoms with van der Waals surface area (Å²) in [5.74, 6) is 2.14. The van der Waals surface area contributed by atoms with Crippen molar-refractivity contribution < 1.29 is 5.11 Å². The SMILES string of the molecule is CC[C@H](C)NC1=NCc2c(C3CCCCC3)cc(C3CCC(O)CC3)n2N1. The van der Waals surface area contributed by atoms with Crippen molar-refractivity contribution in [1.82, 2.24) is 9.99 Å². The highest BCUT2D eigenvalue weighted by molar-refractivity contribution is 5.88. The molecule has 5 heteroatoms. The van der Waals surface area contributed by atoms with Gasteiger partial charge in [-0.15, -0.1) is 0 Å². The van der Waals surface area contributed by atoms with Crippen molar-refractivity contribution in [3.05, 3.63) is 23.0 Å². The molecule has 0 amide bonds. The summed E-state index contributed by atoms with van der Waals surface area (Å²) in [6.07, 6.45) is 11.7. The monoisotopic (exact) mass is 372 g/mol. The molecule has 27 heavy (non-hydrogen) atoms. The van der Waals surface area contributed by atoms with Gasteiger partial charge in [-0.3, -0.25) is 10.1 Å². The molecule has 0 spiro atoms. The van der Waals surface area contributed by atoms with Crippen LogP contribution in [0.3, 0.4) is 0 Å². The van der Waals surface area contributed by atoms with Crippen molar-refractivity contribution in [2.45, 2.75) is 109 Å². The Morgan fingerprint density at radius 1 is 1.15 bits per heavy atom. The van der Waals surface area contributed by atoms with Crippen LogP contribution in [0.15, 0.2) is 11.1 Å². The maximum absolute atomic E-state index is 9.94. The molecule has 2 heterocycles. The summed E-state index contributed by atoms with van der Waals surface area (Å²) < 4.78 is 2.35. The van der Waals surface area contributed by atoms with Crippen LogP contribution in [0.25, 0.3) is 0 Å². The van der Waals surface area contributed by atoms with Gasteiger partial charge in [0.15, 0.2) is 0 Å². The van der Waals surface area contributed by atoms with Gasteiger partial charge in [-0.2, -0.15) is 0 Å². The molecule has 0 aromatic carbocycles. The van der Waals surface area contributed by atoms with Crippen LogP contribution >= 0.6 is 0 Å². The van der Waals surface area contributed by atoms with Crippen LogP contribution < -0.4 is 10.7 Å². The van der Waals surface area contributed by atoms with Gasteiger partial charge in [0.25, 0.3) is 0 Å². The second kappa shape index (κ2) is 8.26. The van der Waals surface area contributed by atoms with Crippen LogP contribution in [0.2, 0.25) is 0 Å². The van der Waals surface area contributed by atoms with E-state index in [1.165, 1.54) is 49.1 Å². The highest BCUT2D eigenvalue weighted by Gasteiger charge is 2.30. The van der Waals surface area contributed by atoms with Gasteiger partial charge in [-0.25, -0.2) is 4.99 Å². The Balaban J connectivity index is 1.62. The third kappa shape index (κ3) is 4.03. The zero-order valence-electron chi connectivity index (χ0n) is 17.0. The molecule has 2 saturated carbocycles. The maximum atomic E-state index is 9.94. The first-order valence-corrected chi connectivity index (χ1v) is 11.2. The molecule has 2 fully saturated rings. The molecule has 0 unspecified atom stereocenters. The first-order chi connectivity index (χ1) is 13.2. The summed E-state index contributed by atoms with van der Waals surface area (Å²) in [4.78, 5) is 4.82. The molecule has 0 saturated heterocycles. The van der Waals surface area contributed by atoms with E-state index in [2.05, 4.69) is 35.3 Å². The molecule has 0 bridgehead atoms. The fourth-order valence-corrected chi connectivity index (χ4v) is 5.03. The molecular formula is C22H36N4O. The van der Waals surface area contributed by atoms with Gasteiger partial charge in [-0.05, 0) is 69.4 Å². The van der Waals surface area contributed by atoms with Crippen molar-refractivity contribution >= 4 is 5.96 Å². The van der Waals surface area contributed by atoms with Crippen molar-refractivity contribution in [3.63, 3.8) is 0 Å². The predicted molar refractivity (Wildman–Crippen MR) is 111 cm³/mol. The van der Waals surface area contributed by atoms with E-state index in [0.29, 0.717) is 17.9 Å². The number of nitrogens with one attached hydrogen (secondary N) is 2. The molecule has 3 N–H and O–H groups in total. The molecule has 150 valence electrons. The third-order valence-electron chi connectivity index (χ3n) is 6.92. The topological polar surface area (TPSA) is 61.6 Å². The standard InChI is InChI=1S/C22H36N4O/c1-3-15(2)24-22-23-14-21-19(16-7-5-4-6-8-16)13-20(26(21)25-22)17-9-11-18(27)12-10-17/h13,15-18,27H,3-12,14H2,1-2H3,(H2,23,24,25)/t15-,17?,18?/m0/s1. The lowest BCUT2D eigenvalue weighted by Gasteiger charge is -2.29. The van der Waals surface area contributed by atoms with E-state index in [-0.39, 0.29) is 6.10 Å². The number of aliphatic hydroxyl groups is 1. The number of hydrogen-bond donors (Lipinski definition) is 3. The second-order valence-electron chi connectivity index (χ2n) is 8.88. The Morgan fingerprint density at radius 2 is 1.89 bits per heavy atom. The molecule has 5 nitrogen and oxygen atoms in total. The van der Waals surface area contributed by atoms with Crippen LogP contribution in [-0.2, 0) is 6.54 Å². The Hall–Kier alpha value is -1.49. The molecule has 1 atom stereocenters. The van der Waals surface area contributed by atoms with Crippen LogP contribution in [-0.4, -0.2) is 27.9 Å². The number of nitrogens with zero attached hydrogens (tertiary/aromatic N) is 2. The average Bonchev–Trinajstić information content (AvgIpc) is 3.08. The molecule has 4 rings (SSSR count). The van der Waals surface area contributed by atoms with Crippen LogP contribution in [0, 0.1) is 0 Å². The van der Waals surface area contributed by atoms with Gasteiger partial charge in [0.2, 0.25) is 5.96 Å². The summed E-state index contributed by atoms with van der Waals surface area (Å²) in [5, 5.41) is 13.5. The van der Waals surface area contributed by atoms with E-state index >= 15 is 0 Å². The number of guanidine groups is 1. The number of aliphatic hydroxyl groups excluding tert-OH is 1. The number of rotatable bonds is 4. The van der Waals surface area contributed by atoms with Crippen molar-refractivity contribution in [3.8, 4) is 0 Å². The molecule has 2 aliphatic carbocycles. The molecule has 1 aromatic heterocycles. The summed E-state index contributed by atoms with van der Waals surface area (Å²) >= 11 is 0. The molecule has 1 aromatic rings. The molecule has 1 aliphatic heterocycles. The van der Waals surface area contributed by atoms with Crippen molar-refractivity contribution in [2.24, 2.45) is 4.99 Å². The van der Waals surface area contributed by atoms with Gasteiger partial charge in [0.05, 0.1) is 18.3 Å². The minimum atomic E-state index is -0.105. The normalized spacial score (nSPS) is 27.4. The van der Waals surface area contributed by atoms with Crippen LogP contribution in [0.1, 0.15) is 107 Å². The Morgan fingerprint density at radius 3 is 2.59 bits per heavy atom. The molecular weight excluding hydrogens is 336 g/mol. The van der Waals surface area contributed by atoms with E-state index in [0.717, 1.165) is 44.6 Å². The van der Waals surface area contributed by atoms with Crippen LogP contribution in [0.4, 0.5) is 0 Å². The zero-order chi connectivity index (χ0) is 18.8. The predicted octanol–water partition coefficient (Wildman–Crippen LogP) is 4.36. The lowest BCUT2D eigenvalue weighted by Crippen LogP contribution is -2.44. The third-order valence-corrected chi connectivity index (χ3v) is 6.92. The van der Waals surface area contributed by atoms with Gasteiger partial charge in [0, 0.05) is 17.7 Å². The second-order valence-corrected chi connectivity index (χ2v) is 8.88. The summed E-state index contributed by atoms with van der Waals surface area (Å²) in [7, 11) is 0. The Bertz CT molecular complexity index is 666. The van der Waals surface area contributed by atoms with Crippen molar-refractivity contribution in [1.29, 1.82) is 0 Å². The van der Waals surface area contributed by atoms with Gasteiger partial charge >= 0.3 is 0 Å². The minimum absolute atomic E-state index is 0.105. The smallest absolute Gasteiger partial charge is 0.211 e. The molecule has 0 radical (unpaired) electrons. The highest BCUT2D eigenvalue weighted by atomic mass is 16.3. The number of aliphatic imine (C=N–C) groups is 1. The number of hydrogen-bond acceptors (Lipinski definition) is 4. The number of aromatic nitrogens is 1. The highest BCUT2D eigenvalue weighted by Crippen LogP contribution is 2.40. The van der Waals surface area contributed by atoms with E-state index in [1.807, 2.05) is 0 Å². The quantitative estimate of drug-likeness (QED) is 0.736. The lowest BCUT2D eigenvalue weighted by molar-refractivity contribution is 0.121. The maximum Gasteiger partial charge on any atom is 0.211 e. The fraction of sp³-hybridized carbons (Fsp3) is 0.773. The minimum Gasteiger partial charge on any atom is -0.393 e. The summed E-state index contributed by atoms with van der Waals surface area (Å²) in [5.41, 5.74) is 7.91. The van der Waals surface area contributed by atoms with Crippen LogP contribution in [0.5, 0.6) is 0 Å². The van der Waals surface area contributed by atoms with E-state index in [4.69, 9.17) is 4.99 Å². The van der Waals surface area contributed by atoms with Gasteiger partial charge in [-0.1, -0.05) is 26.2 Å². The number of fused-ring (bicyclic) bond motifs is 1. The van der Waals surface area contributed by atoms with E-state index < -0.39 is 0 Å². The zero-order valence-corrected chi connectivity index (χ0v) is 17.0. The van der Waals surface area contributed by atoms with Crippen molar-refractivity contribution in [2.75, 3.05) is 5.43 Å². The first-order valence-electron chi connectivity index (χ1n) is 11.2. The average molecular weight is 373 g/mol. The van der Waals surface area contributed by atoms with E-state index in [9.17, 15) is 5.11 Å². The lowest BCUT2D eigenvalue weighted by atomic mass is 9.82. The Kier molecular flexibility index (Phi) is 5.76. The first kappa shape index (κ1) is 18.9. The summed E-state index contributed by atoms with van der Waals surface area (Å²) in [6, 6.07) is 2.90. The fourth-order valence-electron chi connectivity index (χ4n) is 5.03. The van der Waals surface area contributed by atoms with Gasteiger partial charge < -0.3 is 10.4 Å². The Labute approximate surface area is 163 Å². The molecule has 3 aliphatic rings. The largest absolute Gasteiger partial charge is 0.393 e. The summed E-state index contributed by atoms with van der Waals surface area (Å²) in [6.45, 7) is 5.17. The van der Waals surface area contributed by atoms with E-state index in [1.54, 1.807) is 0 Å².